The molecule has 1 aliphatic rings. The van der Waals surface area contributed by atoms with Crippen LogP contribution in [0.3, 0.4) is 0 Å². The van der Waals surface area contributed by atoms with Gasteiger partial charge in [0.25, 0.3) is 0 Å². The fraction of sp³-hybridized carbons (Fsp3) is 0.440. The van der Waals surface area contributed by atoms with Gasteiger partial charge in [-0.15, -0.1) is 0 Å². The Hall–Kier alpha value is -3.38. The minimum atomic E-state index is -0.537. The van der Waals surface area contributed by atoms with Crippen LogP contribution < -0.4 is 10.2 Å². The number of piperidine rings is 1. The van der Waals surface area contributed by atoms with Crippen LogP contribution in [0.25, 0.3) is 11.2 Å². The summed E-state index contributed by atoms with van der Waals surface area (Å²) in [5.74, 6) is 0. The van der Waals surface area contributed by atoms with Crippen molar-refractivity contribution < 1.29 is 9.53 Å². The van der Waals surface area contributed by atoms with Gasteiger partial charge in [0.05, 0.1) is 23.9 Å². The van der Waals surface area contributed by atoms with E-state index in [1.807, 2.05) is 67.3 Å². The monoisotopic (exact) mass is 478 g/mol. The standard InChI is InChI=1S/C25H30N6O2S/c1-25(2,3)33-23(32)28-19-10-7-13-30(16-19)20-11-12-27-22-21(20)31(24(34)29(22)4)15-18-9-6-5-8-17(18)14-26/h5-6,8-9,11-12,19H,7,10,13,15-16H2,1-4H3,(H,28,32)/t19-/m1/s1. The molecule has 1 fully saturated rings. The Morgan fingerprint density at radius 1 is 1.32 bits per heavy atom. The van der Waals surface area contributed by atoms with Gasteiger partial charge in [0.15, 0.2) is 10.4 Å². The summed E-state index contributed by atoms with van der Waals surface area (Å²) in [5.41, 5.74) is 3.74. The van der Waals surface area contributed by atoms with E-state index in [2.05, 4.69) is 21.3 Å². The number of benzene rings is 1. The summed E-state index contributed by atoms with van der Waals surface area (Å²) >= 11 is 5.78. The van der Waals surface area contributed by atoms with E-state index in [1.165, 1.54) is 0 Å². The molecule has 0 saturated carbocycles. The summed E-state index contributed by atoms with van der Waals surface area (Å²) in [6, 6.07) is 11.8. The molecule has 0 unspecified atom stereocenters. The number of nitrogens with zero attached hydrogens (tertiary/aromatic N) is 5. The molecular formula is C25H30N6O2S. The summed E-state index contributed by atoms with van der Waals surface area (Å²) in [5, 5.41) is 12.6. The summed E-state index contributed by atoms with van der Waals surface area (Å²) in [4.78, 5) is 19.2. The summed E-state index contributed by atoms with van der Waals surface area (Å²) in [7, 11) is 1.91. The number of fused-ring (bicyclic) bond motifs is 1. The maximum atomic E-state index is 12.3. The fourth-order valence-electron chi connectivity index (χ4n) is 4.43. The van der Waals surface area contributed by atoms with E-state index in [4.69, 9.17) is 17.0 Å². The Kier molecular flexibility index (Phi) is 6.62. The minimum Gasteiger partial charge on any atom is -0.444 e. The maximum absolute atomic E-state index is 12.3. The van der Waals surface area contributed by atoms with Gasteiger partial charge < -0.3 is 24.1 Å². The van der Waals surface area contributed by atoms with Crippen molar-refractivity contribution in [2.24, 2.45) is 7.05 Å². The molecule has 0 spiro atoms. The van der Waals surface area contributed by atoms with Gasteiger partial charge >= 0.3 is 6.09 Å². The van der Waals surface area contributed by atoms with Crippen molar-refractivity contribution in [3.05, 3.63) is 52.4 Å². The lowest BCUT2D eigenvalue weighted by Gasteiger charge is -2.35. The Bertz CT molecular complexity index is 1310. The van der Waals surface area contributed by atoms with E-state index < -0.39 is 11.7 Å². The third-order valence-corrected chi connectivity index (χ3v) is 6.43. The SMILES string of the molecule is Cn1c(=S)n(Cc2ccccc2C#N)c2c(N3CCC[C@@H](NC(=O)OC(C)(C)C)C3)ccnc21. The molecule has 1 saturated heterocycles. The number of pyridine rings is 1. The molecular weight excluding hydrogens is 448 g/mol. The molecule has 1 aromatic carbocycles. The zero-order valence-electron chi connectivity index (χ0n) is 20.0. The van der Waals surface area contributed by atoms with E-state index in [0.29, 0.717) is 23.4 Å². The zero-order valence-corrected chi connectivity index (χ0v) is 20.9. The molecule has 1 aliphatic heterocycles. The first-order chi connectivity index (χ1) is 16.2. The average Bonchev–Trinajstić information content (AvgIpc) is 3.03. The lowest BCUT2D eigenvalue weighted by Crippen LogP contribution is -2.49. The number of carbonyl (C=O) groups is 1. The number of hydrogen-bond acceptors (Lipinski definition) is 6. The van der Waals surface area contributed by atoms with Crippen LogP contribution in [0.2, 0.25) is 0 Å². The molecule has 0 aliphatic carbocycles. The molecule has 1 amide bonds. The highest BCUT2D eigenvalue weighted by Crippen LogP contribution is 2.30. The molecule has 8 nitrogen and oxygen atoms in total. The first kappa shape index (κ1) is 23.8. The summed E-state index contributed by atoms with van der Waals surface area (Å²) in [6.45, 7) is 7.58. The minimum absolute atomic E-state index is 0.0220. The largest absolute Gasteiger partial charge is 0.444 e. The van der Waals surface area contributed by atoms with Crippen LogP contribution in [0.15, 0.2) is 36.5 Å². The quantitative estimate of drug-likeness (QED) is 0.555. The molecule has 3 aromatic rings. The van der Waals surface area contributed by atoms with E-state index in [0.717, 1.165) is 41.8 Å². The molecule has 0 radical (unpaired) electrons. The van der Waals surface area contributed by atoms with Gasteiger partial charge in [-0.2, -0.15) is 5.26 Å². The smallest absolute Gasteiger partial charge is 0.407 e. The Morgan fingerprint density at radius 2 is 2.09 bits per heavy atom. The van der Waals surface area contributed by atoms with Crippen molar-refractivity contribution >= 4 is 35.2 Å². The van der Waals surface area contributed by atoms with Crippen LogP contribution in [0.1, 0.15) is 44.7 Å². The number of amides is 1. The highest BCUT2D eigenvalue weighted by molar-refractivity contribution is 7.71. The molecule has 2 aromatic heterocycles. The van der Waals surface area contributed by atoms with Gasteiger partial charge in [-0.1, -0.05) is 18.2 Å². The third-order valence-electron chi connectivity index (χ3n) is 5.94. The number of rotatable bonds is 4. The Morgan fingerprint density at radius 3 is 2.82 bits per heavy atom. The number of carbonyl (C=O) groups excluding carboxylic acids is 1. The van der Waals surface area contributed by atoms with Crippen LogP contribution in [0, 0.1) is 16.1 Å². The number of imidazole rings is 1. The highest BCUT2D eigenvalue weighted by atomic mass is 32.1. The number of nitrogens with one attached hydrogen (secondary N) is 1. The van der Waals surface area contributed by atoms with Crippen molar-refractivity contribution in [3.63, 3.8) is 0 Å². The number of hydrogen-bond donors (Lipinski definition) is 1. The number of nitriles is 1. The van der Waals surface area contributed by atoms with Gasteiger partial charge in [-0.3, -0.25) is 0 Å². The maximum Gasteiger partial charge on any atom is 0.407 e. The average molecular weight is 479 g/mol. The summed E-state index contributed by atoms with van der Waals surface area (Å²) < 4.78 is 10.0. The second-order valence-corrected chi connectivity index (χ2v) is 10.00. The van der Waals surface area contributed by atoms with Crippen molar-refractivity contribution in [2.75, 3.05) is 18.0 Å². The normalized spacial score (nSPS) is 16.3. The molecule has 1 atom stereocenters. The number of aromatic nitrogens is 3. The van der Waals surface area contributed by atoms with Crippen LogP contribution in [0.4, 0.5) is 10.5 Å². The van der Waals surface area contributed by atoms with Crippen molar-refractivity contribution in [1.82, 2.24) is 19.4 Å². The summed E-state index contributed by atoms with van der Waals surface area (Å²) in [6.07, 6.45) is 3.23. The van der Waals surface area contributed by atoms with Gasteiger partial charge in [-0.25, -0.2) is 9.78 Å². The number of anilines is 1. The lowest BCUT2D eigenvalue weighted by molar-refractivity contribution is 0.0500. The van der Waals surface area contributed by atoms with Gasteiger partial charge in [0.1, 0.15) is 11.1 Å². The molecule has 4 rings (SSSR count). The van der Waals surface area contributed by atoms with Crippen molar-refractivity contribution in [1.29, 1.82) is 5.26 Å². The van der Waals surface area contributed by atoms with E-state index >= 15 is 0 Å². The number of ether oxygens (including phenoxy) is 1. The van der Waals surface area contributed by atoms with E-state index in [1.54, 1.807) is 6.20 Å². The van der Waals surface area contributed by atoms with Gasteiger partial charge in [-0.05, 0) is 63.5 Å². The van der Waals surface area contributed by atoms with Gasteiger partial charge in [0, 0.05) is 32.4 Å². The molecule has 34 heavy (non-hydrogen) atoms. The molecule has 9 heteroatoms. The van der Waals surface area contributed by atoms with E-state index in [-0.39, 0.29) is 6.04 Å². The highest BCUT2D eigenvalue weighted by Gasteiger charge is 2.26. The number of alkyl carbamates (subject to hydrolysis) is 1. The van der Waals surface area contributed by atoms with E-state index in [9.17, 15) is 10.1 Å². The third kappa shape index (κ3) is 4.92. The fourth-order valence-corrected chi connectivity index (χ4v) is 4.67. The van der Waals surface area contributed by atoms with Crippen LogP contribution >= 0.6 is 12.2 Å². The molecule has 1 N–H and O–H groups in total. The van der Waals surface area contributed by atoms with Crippen LogP contribution in [-0.4, -0.2) is 44.9 Å². The van der Waals surface area contributed by atoms with Crippen LogP contribution in [-0.2, 0) is 18.3 Å². The Balaban J connectivity index is 1.68. The molecule has 0 bridgehead atoms. The molecule has 3 heterocycles. The van der Waals surface area contributed by atoms with Gasteiger partial charge in [0.2, 0.25) is 0 Å². The first-order valence-corrected chi connectivity index (χ1v) is 11.9. The second kappa shape index (κ2) is 9.47. The topological polar surface area (TPSA) is 88.1 Å². The second-order valence-electron chi connectivity index (χ2n) is 9.63. The van der Waals surface area contributed by atoms with Crippen molar-refractivity contribution in [2.45, 2.75) is 51.8 Å². The van der Waals surface area contributed by atoms with Crippen LogP contribution in [0.5, 0.6) is 0 Å². The van der Waals surface area contributed by atoms with Crippen molar-refractivity contribution in [3.8, 4) is 6.07 Å². The predicted molar refractivity (Wildman–Crippen MR) is 134 cm³/mol. The predicted octanol–water partition coefficient (Wildman–Crippen LogP) is 4.52. The lowest BCUT2D eigenvalue weighted by atomic mass is 10.0. The Labute approximate surface area is 204 Å². The number of aryl methyl sites for hydroxylation is 1. The first-order valence-electron chi connectivity index (χ1n) is 11.4. The zero-order chi connectivity index (χ0) is 24.5. The molecule has 178 valence electrons.